The minimum Gasteiger partial charge on any atom is -0.300 e. The highest BCUT2D eigenvalue weighted by atomic mass is 16.1. The molecule has 1 aromatic rings. The normalized spacial score (nSPS) is 10.8. The van der Waals surface area contributed by atoms with Gasteiger partial charge in [0, 0.05) is 6.42 Å². The van der Waals surface area contributed by atoms with Gasteiger partial charge >= 0.3 is 0 Å². The highest BCUT2D eigenvalue weighted by Gasteiger charge is 2.22. The van der Waals surface area contributed by atoms with Gasteiger partial charge in [-0.1, -0.05) is 26.0 Å². The average Bonchev–Trinajstić information content (AvgIpc) is 2.16. The molecule has 0 aromatic heterocycles. The number of carbonyl (C=O) groups is 1. The van der Waals surface area contributed by atoms with Crippen LogP contribution in [0.15, 0.2) is 24.3 Å². The lowest BCUT2D eigenvalue weighted by Crippen LogP contribution is -2.20. The fourth-order valence-electron chi connectivity index (χ4n) is 1.72. The van der Waals surface area contributed by atoms with Crippen molar-refractivity contribution in [2.45, 2.75) is 32.6 Å². The summed E-state index contributed by atoms with van der Waals surface area (Å²) in [5, 5.41) is 8.67. The molecular formula is C13H15NO. The Morgan fingerprint density at radius 3 is 2.27 bits per heavy atom. The van der Waals surface area contributed by atoms with E-state index in [1.807, 2.05) is 26.0 Å². The van der Waals surface area contributed by atoms with Gasteiger partial charge in [0.25, 0.3) is 0 Å². The average molecular weight is 201 g/mol. The summed E-state index contributed by atoms with van der Waals surface area (Å²) in [5.74, 6) is 0.185. The molecule has 0 N–H and O–H groups in total. The van der Waals surface area contributed by atoms with E-state index in [0.29, 0.717) is 12.0 Å². The molecule has 1 aromatic carbocycles. The molecule has 0 bridgehead atoms. The smallest absolute Gasteiger partial charge is 0.130 e. The molecule has 0 aliphatic rings. The summed E-state index contributed by atoms with van der Waals surface area (Å²) >= 11 is 0. The predicted molar refractivity (Wildman–Crippen MR) is 59.5 cm³/mol. The summed E-state index contributed by atoms with van der Waals surface area (Å²) in [7, 11) is 0. The number of hydrogen-bond acceptors (Lipinski definition) is 2. The van der Waals surface area contributed by atoms with Crippen molar-refractivity contribution in [2.24, 2.45) is 0 Å². The molecule has 15 heavy (non-hydrogen) atoms. The van der Waals surface area contributed by atoms with Crippen molar-refractivity contribution in [1.29, 1.82) is 5.26 Å². The summed E-state index contributed by atoms with van der Waals surface area (Å²) < 4.78 is 0. The summed E-state index contributed by atoms with van der Waals surface area (Å²) in [6, 6.07) is 9.49. The third kappa shape index (κ3) is 2.92. The summed E-state index contributed by atoms with van der Waals surface area (Å²) in [4.78, 5) is 11.1. The number of carbonyl (C=O) groups excluding carboxylic acids is 1. The minimum absolute atomic E-state index is 0.153. The van der Waals surface area contributed by atoms with Crippen LogP contribution in [0.5, 0.6) is 0 Å². The zero-order valence-corrected chi connectivity index (χ0v) is 9.37. The topological polar surface area (TPSA) is 40.9 Å². The Labute approximate surface area is 90.5 Å². The molecule has 0 radical (unpaired) electrons. The van der Waals surface area contributed by atoms with Crippen LogP contribution in [0.1, 0.15) is 38.3 Å². The van der Waals surface area contributed by atoms with E-state index in [-0.39, 0.29) is 11.2 Å². The number of nitrogens with zero attached hydrogens (tertiary/aromatic N) is 1. The van der Waals surface area contributed by atoms with E-state index in [1.54, 1.807) is 19.1 Å². The number of nitriles is 1. The summed E-state index contributed by atoms with van der Waals surface area (Å²) in [5.41, 5.74) is 1.59. The molecule has 78 valence electrons. The lowest BCUT2D eigenvalue weighted by Gasteiger charge is -2.23. The number of benzene rings is 1. The number of hydrogen-bond donors (Lipinski definition) is 0. The Balaban J connectivity index is 2.95. The van der Waals surface area contributed by atoms with Crippen LogP contribution >= 0.6 is 0 Å². The minimum atomic E-state index is -0.153. The fraction of sp³-hybridized carbons (Fsp3) is 0.385. The second-order valence-corrected chi connectivity index (χ2v) is 4.45. The van der Waals surface area contributed by atoms with Gasteiger partial charge in [-0.3, -0.25) is 4.79 Å². The Morgan fingerprint density at radius 2 is 1.87 bits per heavy atom. The van der Waals surface area contributed by atoms with Gasteiger partial charge in [0.05, 0.1) is 11.6 Å². The van der Waals surface area contributed by atoms with Crippen LogP contribution in [0.2, 0.25) is 0 Å². The maximum absolute atomic E-state index is 11.1. The van der Waals surface area contributed by atoms with Crippen LogP contribution in [-0.2, 0) is 10.2 Å². The van der Waals surface area contributed by atoms with Crippen molar-refractivity contribution >= 4 is 5.78 Å². The SMILES string of the molecule is CC(=O)CC(C)(C)c1ccc(C#N)cc1. The standard InChI is InChI=1S/C13H15NO/c1-10(15)8-13(2,3)12-6-4-11(9-14)5-7-12/h4-7H,8H2,1-3H3. The number of rotatable bonds is 3. The molecule has 0 saturated carbocycles. The van der Waals surface area contributed by atoms with Crippen LogP contribution in [0.25, 0.3) is 0 Å². The van der Waals surface area contributed by atoms with Gasteiger partial charge in [-0.25, -0.2) is 0 Å². The van der Waals surface area contributed by atoms with Gasteiger partial charge in [-0.2, -0.15) is 5.26 Å². The second kappa shape index (κ2) is 4.27. The van der Waals surface area contributed by atoms with Gasteiger partial charge in [0.15, 0.2) is 0 Å². The lowest BCUT2D eigenvalue weighted by atomic mass is 9.80. The van der Waals surface area contributed by atoms with Crippen LogP contribution < -0.4 is 0 Å². The van der Waals surface area contributed by atoms with E-state index in [4.69, 9.17) is 5.26 Å². The molecule has 2 nitrogen and oxygen atoms in total. The molecule has 0 spiro atoms. The number of ketones is 1. The van der Waals surface area contributed by atoms with E-state index < -0.39 is 0 Å². The summed E-state index contributed by atoms with van der Waals surface area (Å²) in [6.07, 6.45) is 0.527. The van der Waals surface area contributed by atoms with Gasteiger partial charge in [0.1, 0.15) is 5.78 Å². The highest BCUT2D eigenvalue weighted by Crippen LogP contribution is 2.27. The van der Waals surface area contributed by atoms with Crippen molar-refractivity contribution in [3.63, 3.8) is 0 Å². The van der Waals surface area contributed by atoms with Gasteiger partial charge < -0.3 is 0 Å². The first-order chi connectivity index (χ1) is 6.95. The third-order valence-corrected chi connectivity index (χ3v) is 2.49. The highest BCUT2D eigenvalue weighted by molar-refractivity contribution is 5.77. The first-order valence-corrected chi connectivity index (χ1v) is 4.96. The van der Waals surface area contributed by atoms with E-state index in [9.17, 15) is 4.79 Å². The first kappa shape index (κ1) is 11.5. The van der Waals surface area contributed by atoms with E-state index in [0.717, 1.165) is 5.56 Å². The summed E-state index contributed by atoms with van der Waals surface area (Å²) in [6.45, 7) is 5.68. The molecule has 0 aliphatic heterocycles. The molecule has 0 aliphatic carbocycles. The zero-order chi connectivity index (χ0) is 11.5. The van der Waals surface area contributed by atoms with Gasteiger partial charge in [0.2, 0.25) is 0 Å². The van der Waals surface area contributed by atoms with Crippen molar-refractivity contribution in [3.05, 3.63) is 35.4 Å². The molecule has 0 amide bonds. The van der Waals surface area contributed by atoms with Crippen LogP contribution in [-0.4, -0.2) is 5.78 Å². The monoisotopic (exact) mass is 201 g/mol. The van der Waals surface area contributed by atoms with Gasteiger partial charge in [-0.15, -0.1) is 0 Å². The molecule has 0 unspecified atom stereocenters. The largest absolute Gasteiger partial charge is 0.300 e. The Kier molecular flexibility index (Phi) is 3.26. The first-order valence-electron chi connectivity index (χ1n) is 4.96. The van der Waals surface area contributed by atoms with Gasteiger partial charge in [-0.05, 0) is 30.0 Å². The maximum Gasteiger partial charge on any atom is 0.130 e. The van der Waals surface area contributed by atoms with Crippen molar-refractivity contribution in [1.82, 2.24) is 0 Å². The Hall–Kier alpha value is -1.62. The van der Waals surface area contributed by atoms with Crippen LogP contribution in [0.3, 0.4) is 0 Å². The molecular weight excluding hydrogens is 186 g/mol. The Bertz CT molecular complexity index is 396. The lowest BCUT2D eigenvalue weighted by molar-refractivity contribution is -0.118. The molecule has 0 saturated heterocycles. The fourth-order valence-corrected chi connectivity index (χ4v) is 1.72. The van der Waals surface area contributed by atoms with Crippen LogP contribution in [0, 0.1) is 11.3 Å². The molecule has 2 heteroatoms. The van der Waals surface area contributed by atoms with E-state index in [2.05, 4.69) is 6.07 Å². The van der Waals surface area contributed by atoms with Crippen molar-refractivity contribution in [3.8, 4) is 6.07 Å². The Morgan fingerprint density at radius 1 is 1.33 bits per heavy atom. The second-order valence-electron chi connectivity index (χ2n) is 4.45. The molecule has 0 atom stereocenters. The maximum atomic E-state index is 11.1. The van der Waals surface area contributed by atoms with Crippen molar-refractivity contribution < 1.29 is 4.79 Å². The molecule has 0 heterocycles. The van der Waals surface area contributed by atoms with Crippen LogP contribution in [0.4, 0.5) is 0 Å². The van der Waals surface area contributed by atoms with E-state index >= 15 is 0 Å². The molecule has 0 fully saturated rings. The van der Waals surface area contributed by atoms with E-state index in [1.165, 1.54) is 0 Å². The number of Topliss-reactive ketones (excluding diaryl/α,β-unsaturated/α-hetero) is 1. The third-order valence-electron chi connectivity index (χ3n) is 2.49. The predicted octanol–water partition coefficient (Wildman–Crippen LogP) is 2.81. The quantitative estimate of drug-likeness (QED) is 0.754. The van der Waals surface area contributed by atoms with Crippen molar-refractivity contribution in [2.75, 3.05) is 0 Å². The molecule has 1 rings (SSSR count). The zero-order valence-electron chi connectivity index (χ0n) is 9.37.